The van der Waals surface area contributed by atoms with Crippen molar-refractivity contribution in [2.24, 2.45) is 5.92 Å². The van der Waals surface area contributed by atoms with Crippen molar-refractivity contribution in [3.05, 3.63) is 0 Å². The summed E-state index contributed by atoms with van der Waals surface area (Å²) in [6.07, 6.45) is 3.45. The second-order valence-corrected chi connectivity index (χ2v) is 4.19. The summed E-state index contributed by atoms with van der Waals surface area (Å²) >= 11 is 0. The van der Waals surface area contributed by atoms with E-state index in [1.807, 2.05) is 4.90 Å². The molecule has 4 nitrogen and oxygen atoms in total. The van der Waals surface area contributed by atoms with Crippen molar-refractivity contribution >= 4 is 6.03 Å². The summed E-state index contributed by atoms with van der Waals surface area (Å²) in [5, 5.41) is 6.12. The summed E-state index contributed by atoms with van der Waals surface area (Å²) in [5.41, 5.74) is 0. The summed E-state index contributed by atoms with van der Waals surface area (Å²) in [7, 11) is 1.69. The van der Waals surface area contributed by atoms with Crippen molar-refractivity contribution in [1.82, 2.24) is 15.5 Å². The maximum absolute atomic E-state index is 11.3. The molecule has 1 rings (SSSR count). The predicted molar refractivity (Wildman–Crippen MR) is 61.9 cm³/mol. The Bertz CT molecular complexity index is 188. The molecule has 1 aliphatic heterocycles. The average molecular weight is 213 g/mol. The summed E-state index contributed by atoms with van der Waals surface area (Å²) in [5.74, 6) is 0.748. The lowest BCUT2D eigenvalue weighted by Gasteiger charge is -2.31. The van der Waals surface area contributed by atoms with Gasteiger partial charge in [-0.15, -0.1) is 0 Å². The van der Waals surface area contributed by atoms with Crippen LogP contribution < -0.4 is 10.6 Å². The van der Waals surface area contributed by atoms with Gasteiger partial charge in [0.2, 0.25) is 0 Å². The highest BCUT2D eigenvalue weighted by Gasteiger charge is 2.21. The molecule has 2 N–H and O–H groups in total. The first-order valence-electron chi connectivity index (χ1n) is 5.95. The number of hydrogen-bond donors (Lipinski definition) is 2. The van der Waals surface area contributed by atoms with E-state index in [1.165, 1.54) is 6.42 Å². The molecule has 0 aromatic rings. The quantitative estimate of drug-likeness (QED) is 0.685. The van der Waals surface area contributed by atoms with Crippen LogP contribution in [-0.2, 0) is 0 Å². The van der Waals surface area contributed by atoms with E-state index >= 15 is 0 Å². The largest absolute Gasteiger partial charge is 0.341 e. The Morgan fingerprint density at radius 3 is 2.60 bits per heavy atom. The molecule has 0 radical (unpaired) electrons. The van der Waals surface area contributed by atoms with Crippen LogP contribution in [0.25, 0.3) is 0 Å². The number of amides is 2. The number of hydrogen-bond acceptors (Lipinski definition) is 2. The van der Waals surface area contributed by atoms with Crippen LogP contribution in [0.15, 0.2) is 0 Å². The minimum absolute atomic E-state index is 0.0648. The summed E-state index contributed by atoms with van der Waals surface area (Å²) in [6, 6.07) is 0.0648. The molecule has 15 heavy (non-hydrogen) atoms. The van der Waals surface area contributed by atoms with Crippen molar-refractivity contribution in [3.63, 3.8) is 0 Å². The zero-order valence-electron chi connectivity index (χ0n) is 9.88. The van der Waals surface area contributed by atoms with Gasteiger partial charge in [-0.3, -0.25) is 0 Å². The van der Waals surface area contributed by atoms with Crippen LogP contribution in [0.4, 0.5) is 4.79 Å². The van der Waals surface area contributed by atoms with Gasteiger partial charge in [0.05, 0.1) is 0 Å². The van der Waals surface area contributed by atoms with E-state index in [2.05, 4.69) is 17.6 Å². The fourth-order valence-corrected chi connectivity index (χ4v) is 1.98. The van der Waals surface area contributed by atoms with Gasteiger partial charge in [0, 0.05) is 20.1 Å². The molecule has 0 saturated carbocycles. The molecule has 1 saturated heterocycles. The van der Waals surface area contributed by atoms with Crippen molar-refractivity contribution in [2.75, 3.05) is 33.2 Å². The predicted octanol–water partition coefficient (Wildman–Crippen LogP) is 1.04. The Kier molecular flexibility index (Phi) is 5.47. The molecular weight excluding hydrogens is 190 g/mol. The Labute approximate surface area is 92.4 Å². The fourth-order valence-electron chi connectivity index (χ4n) is 1.98. The second-order valence-electron chi connectivity index (χ2n) is 4.19. The Balaban J connectivity index is 2.15. The highest BCUT2D eigenvalue weighted by Crippen LogP contribution is 2.16. The first-order valence-corrected chi connectivity index (χ1v) is 5.95. The first kappa shape index (κ1) is 12.3. The Morgan fingerprint density at radius 1 is 1.40 bits per heavy atom. The molecule has 2 amide bonds. The van der Waals surface area contributed by atoms with E-state index in [0.29, 0.717) is 0 Å². The summed E-state index contributed by atoms with van der Waals surface area (Å²) < 4.78 is 0. The van der Waals surface area contributed by atoms with Gasteiger partial charge < -0.3 is 15.5 Å². The van der Waals surface area contributed by atoms with Gasteiger partial charge in [0.1, 0.15) is 0 Å². The number of carbonyl (C=O) groups excluding carboxylic acids is 1. The highest BCUT2D eigenvalue weighted by atomic mass is 16.2. The zero-order valence-corrected chi connectivity index (χ0v) is 9.88. The van der Waals surface area contributed by atoms with Crippen LogP contribution in [0.3, 0.4) is 0 Å². The van der Waals surface area contributed by atoms with Gasteiger partial charge in [-0.05, 0) is 38.3 Å². The SMILES string of the molecule is CCCNCC1CCN(C(=O)NC)CC1. The number of carbonyl (C=O) groups is 1. The molecule has 0 atom stereocenters. The number of urea groups is 1. The normalized spacial score (nSPS) is 17.9. The van der Waals surface area contributed by atoms with Gasteiger partial charge in [-0.25, -0.2) is 4.79 Å². The minimum atomic E-state index is 0.0648. The summed E-state index contributed by atoms with van der Waals surface area (Å²) in [6.45, 7) is 6.20. The number of nitrogens with zero attached hydrogens (tertiary/aromatic N) is 1. The van der Waals surface area contributed by atoms with Crippen LogP contribution in [0.2, 0.25) is 0 Å². The zero-order chi connectivity index (χ0) is 11.1. The van der Waals surface area contributed by atoms with E-state index in [-0.39, 0.29) is 6.03 Å². The number of likely N-dealkylation sites (tertiary alicyclic amines) is 1. The van der Waals surface area contributed by atoms with Crippen molar-refractivity contribution in [2.45, 2.75) is 26.2 Å². The van der Waals surface area contributed by atoms with Gasteiger partial charge in [0.15, 0.2) is 0 Å². The molecule has 4 heteroatoms. The van der Waals surface area contributed by atoms with Gasteiger partial charge in [-0.2, -0.15) is 0 Å². The third kappa shape index (κ3) is 4.08. The third-order valence-electron chi connectivity index (χ3n) is 2.98. The van der Waals surface area contributed by atoms with E-state index in [1.54, 1.807) is 7.05 Å². The molecule has 1 aliphatic rings. The van der Waals surface area contributed by atoms with Crippen LogP contribution >= 0.6 is 0 Å². The average Bonchev–Trinajstić information content (AvgIpc) is 2.29. The van der Waals surface area contributed by atoms with E-state index in [0.717, 1.165) is 44.9 Å². The van der Waals surface area contributed by atoms with Gasteiger partial charge in [0.25, 0.3) is 0 Å². The summed E-state index contributed by atoms with van der Waals surface area (Å²) in [4.78, 5) is 13.2. The molecule has 0 spiro atoms. The van der Waals surface area contributed by atoms with Crippen LogP contribution in [0, 0.1) is 5.92 Å². The van der Waals surface area contributed by atoms with Crippen LogP contribution in [0.5, 0.6) is 0 Å². The van der Waals surface area contributed by atoms with E-state index in [9.17, 15) is 4.79 Å². The Hall–Kier alpha value is -0.770. The minimum Gasteiger partial charge on any atom is -0.341 e. The molecule has 88 valence electrons. The lowest BCUT2D eigenvalue weighted by atomic mass is 9.97. The molecule has 0 bridgehead atoms. The molecule has 0 aromatic carbocycles. The number of piperidine rings is 1. The monoisotopic (exact) mass is 213 g/mol. The lowest BCUT2D eigenvalue weighted by molar-refractivity contribution is 0.171. The molecule has 1 heterocycles. The number of nitrogens with one attached hydrogen (secondary N) is 2. The third-order valence-corrected chi connectivity index (χ3v) is 2.98. The molecule has 0 unspecified atom stereocenters. The van der Waals surface area contributed by atoms with E-state index < -0.39 is 0 Å². The van der Waals surface area contributed by atoms with E-state index in [4.69, 9.17) is 0 Å². The van der Waals surface area contributed by atoms with Crippen molar-refractivity contribution in [1.29, 1.82) is 0 Å². The topological polar surface area (TPSA) is 44.4 Å². The molecule has 0 aromatic heterocycles. The fraction of sp³-hybridized carbons (Fsp3) is 0.909. The lowest BCUT2D eigenvalue weighted by Crippen LogP contribution is -2.44. The second kappa shape index (κ2) is 6.67. The first-order chi connectivity index (χ1) is 7.27. The number of rotatable bonds is 4. The standard InChI is InChI=1S/C11H23N3O/c1-3-6-13-9-10-4-7-14(8-5-10)11(15)12-2/h10,13H,3-9H2,1-2H3,(H,12,15). The highest BCUT2D eigenvalue weighted by molar-refractivity contribution is 5.73. The van der Waals surface area contributed by atoms with Crippen molar-refractivity contribution in [3.8, 4) is 0 Å². The van der Waals surface area contributed by atoms with Crippen molar-refractivity contribution < 1.29 is 4.79 Å². The van der Waals surface area contributed by atoms with Gasteiger partial charge in [-0.1, -0.05) is 6.92 Å². The Morgan fingerprint density at radius 2 is 2.07 bits per heavy atom. The molecular formula is C11H23N3O. The molecule has 1 fully saturated rings. The molecule has 0 aliphatic carbocycles. The van der Waals surface area contributed by atoms with Crippen LogP contribution in [-0.4, -0.2) is 44.2 Å². The van der Waals surface area contributed by atoms with Crippen LogP contribution in [0.1, 0.15) is 26.2 Å². The maximum Gasteiger partial charge on any atom is 0.317 e. The maximum atomic E-state index is 11.3. The van der Waals surface area contributed by atoms with Gasteiger partial charge >= 0.3 is 6.03 Å². The smallest absolute Gasteiger partial charge is 0.317 e.